The second-order valence-corrected chi connectivity index (χ2v) is 13.3. The number of nitrogens with zero attached hydrogens (tertiary/aromatic N) is 3. The van der Waals surface area contributed by atoms with Crippen LogP contribution in [-0.2, 0) is 43.4 Å². The number of carbonyl (C=O) groups excluding carboxylic acids is 1. The molecule has 188 valence electrons. The maximum Gasteiger partial charge on any atom is 0.243 e. The zero-order valence-corrected chi connectivity index (χ0v) is 22.6. The van der Waals surface area contributed by atoms with Crippen molar-refractivity contribution >= 4 is 15.8 Å². The van der Waals surface area contributed by atoms with Gasteiger partial charge in [-0.25, -0.2) is 8.42 Å². The van der Waals surface area contributed by atoms with Gasteiger partial charge in [0.1, 0.15) is 13.2 Å². The number of sulfonamides is 1. The van der Waals surface area contributed by atoms with Gasteiger partial charge in [-0.2, -0.15) is 9.40 Å². The molecule has 2 aromatic rings. The third kappa shape index (κ3) is 5.44. The molecule has 0 saturated carbocycles. The molecule has 0 amide bonds. The molecule has 1 aromatic heterocycles. The second-order valence-electron chi connectivity index (χ2n) is 11.4. The van der Waals surface area contributed by atoms with Gasteiger partial charge in [0.05, 0.1) is 17.1 Å². The van der Waals surface area contributed by atoms with Crippen LogP contribution in [0.5, 0.6) is 0 Å². The first-order valence-electron chi connectivity index (χ1n) is 11.9. The zero-order valence-electron chi connectivity index (χ0n) is 21.8. The summed E-state index contributed by atoms with van der Waals surface area (Å²) in [6, 6.07) is 5.44. The van der Waals surface area contributed by atoms with Crippen molar-refractivity contribution in [1.82, 2.24) is 14.1 Å². The first-order valence-corrected chi connectivity index (χ1v) is 13.3. The van der Waals surface area contributed by atoms with Crippen molar-refractivity contribution in [1.29, 1.82) is 0 Å². The molecule has 1 atom stereocenters. The van der Waals surface area contributed by atoms with Crippen LogP contribution in [-0.4, -0.2) is 49.1 Å². The van der Waals surface area contributed by atoms with Gasteiger partial charge >= 0.3 is 0 Å². The van der Waals surface area contributed by atoms with E-state index in [1.807, 2.05) is 12.1 Å². The third-order valence-corrected chi connectivity index (χ3v) is 8.46. The standard InChI is InChI=1S/C26H39N3O4S/c1-25(2,3)18-12-19(26(4,5)6)14-21(13-18)34(31,32)28(7)23-10-9-11-24-22(23)15-27-29(24)16-20(30)17-33-8/h12-15,23H,9-11,16-17H2,1-8H3/t23-/m1/s1. The normalized spacial score (nSPS) is 17.1. The number of ketones is 1. The van der Waals surface area contributed by atoms with Crippen molar-refractivity contribution in [3.8, 4) is 0 Å². The molecule has 3 rings (SSSR count). The van der Waals surface area contributed by atoms with E-state index in [-0.39, 0.29) is 35.8 Å². The van der Waals surface area contributed by atoms with E-state index >= 15 is 0 Å². The van der Waals surface area contributed by atoms with Gasteiger partial charge in [-0.15, -0.1) is 0 Å². The molecule has 0 spiro atoms. The number of Topliss-reactive ketones (excluding diaryl/α,β-unsaturated/α-hetero) is 1. The summed E-state index contributed by atoms with van der Waals surface area (Å²) in [5.41, 5.74) is 3.45. The molecule has 0 unspecified atom stereocenters. The Labute approximate surface area is 204 Å². The summed E-state index contributed by atoms with van der Waals surface area (Å²) >= 11 is 0. The van der Waals surface area contributed by atoms with E-state index < -0.39 is 10.0 Å². The van der Waals surface area contributed by atoms with Gasteiger partial charge in [0.2, 0.25) is 10.0 Å². The van der Waals surface area contributed by atoms with Gasteiger partial charge in [0.25, 0.3) is 0 Å². The minimum absolute atomic E-state index is 0.0343. The molecule has 1 aliphatic carbocycles. The predicted molar refractivity (Wildman–Crippen MR) is 134 cm³/mol. The summed E-state index contributed by atoms with van der Waals surface area (Å²) < 4.78 is 35.9. The molecule has 0 fully saturated rings. The molecule has 0 saturated heterocycles. The van der Waals surface area contributed by atoms with E-state index in [4.69, 9.17) is 4.74 Å². The average molecular weight is 490 g/mol. The maximum atomic E-state index is 13.9. The fourth-order valence-corrected chi connectivity index (χ4v) is 5.87. The Morgan fingerprint density at radius 2 is 1.71 bits per heavy atom. The number of hydrogen-bond donors (Lipinski definition) is 0. The summed E-state index contributed by atoms with van der Waals surface area (Å²) in [4.78, 5) is 12.4. The quantitative estimate of drug-likeness (QED) is 0.576. The van der Waals surface area contributed by atoms with Gasteiger partial charge in [-0.05, 0) is 53.4 Å². The molecule has 34 heavy (non-hydrogen) atoms. The molecule has 1 heterocycles. The molecule has 0 aliphatic heterocycles. The third-order valence-electron chi connectivity index (χ3n) is 6.62. The van der Waals surface area contributed by atoms with Crippen molar-refractivity contribution in [2.24, 2.45) is 0 Å². The highest BCUT2D eigenvalue weighted by Gasteiger charge is 2.35. The molecule has 1 aliphatic rings. The minimum Gasteiger partial charge on any atom is -0.377 e. The van der Waals surface area contributed by atoms with Crippen LogP contribution in [0.15, 0.2) is 29.3 Å². The number of ether oxygens (including phenoxy) is 1. The van der Waals surface area contributed by atoms with E-state index in [9.17, 15) is 13.2 Å². The van der Waals surface area contributed by atoms with E-state index in [2.05, 4.69) is 52.7 Å². The van der Waals surface area contributed by atoms with Crippen LogP contribution in [0.1, 0.15) is 82.8 Å². The Kier molecular flexibility index (Phi) is 7.46. The second kappa shape index (κ2) is 9.55. The van der Waals surface area contributed by atoms with E-state index in [0.29, 0.717) is 11.3 Å². The first kappa shape index (κ1) is 26.6. The largest absolute Gasteiger partial charge is 0.377 e. The fourth-order valence-electron chi connectivity index (χ4n) is 4.43. The van der Waals surface area contributed by atoms with Crippen LogP contribution in [0, 0.1) is 0 Å². The van der Waals surface area contributed by atoms with Crippen LogP contribution < -0.4 is 0 Å². The van der Waals surface area contributed by atoms with Gasteiger partial charge in [-0.1, -0.05) is 47.6 Å². The lowest BCUT2D eigenvalue weighted by Gasteiger charge is -2.32. The summed E-state index contributed by atoms with van der Waals surface area (Å²) in [6.45, 7) is 12.8. The lowest BCUT2D eigenvalue weighted by atomic mass is 9.81. The van der Waals surface area contributed by atoms with Crippen molar-refractivity contribution in [2.45, 2.75) is 89.1 Å². The number of carbonyl (C=O) groups is 1. The molecular formula is C26H39N3O4S. The maximum absolute atomic E-state index is 13.9. The monoisotopic (exact) mass is 489 g/mol. The molecule has 8 heteroatoms. The summed E-state index contributed by atoms with van der Waals surface area (Å²) in [7, 11) is -0.612. The number of fused-ring (bicyclic) bond motifs is 1. The van der Waals surface area contributed by atoms with E-state index in [0.717, 1.165) is 35.2 Å². The Bertz CT molecular complexity index is 1120. The number of benzene rings is 1. The topological polar surface area (TPSA) is 81.5 Å². The predicted octanol–water partition coefficient (Wildman–Crippen LogP) is 4.39. The first-order chi connectivity index (χ1) is 15.7. The van der Waals surface area contributed by atoms with Crippen LogP contribution >= 0.6 is 0 Å². The Morgan fingerprint density at radius 1 is 1.12 bits per heavy atom. The number of aromatic nitrogens is 2. The highest BCUT2D eigenvalue weighted by Crippen LogP contribution is 2.38. The molecule has 0 N–H and O–H groups in total. The van der Waals surface area contributed by atoms with Gasteiger partial charge < -0.3 is 4.74 Å². The lowest BCUT2D eigenvalue weighted by molar-refractivity contribution is -0.123. The Hall–Kier alpha value is -2.03. The molecule has 1 aromatic carbocycles. The van der Waals surface area contributed by atoms with Crippen molar-refractivity contribution in [2.75, 3.05) is 20.8 Å². The van der Waals surface area contributed by atoms with E-state index in [1.54, 1.807) is 17.9 Å². The highest BCUT2D eigenvalue weighted by atomic mass is 32.2. The van der Waals surface area contributed by atoms with Gasteiger partial charge in [0.15, 0.2) is 5.78 Å². The Balaban J connectivity index is 2.01. The highest BCUT2D eigenvalue weighted by molar-refractivity contribution is 7.89. The summed E-state index contributed by atoms with van der Waals surface area (Å²) in [5.74, 6) is -0.0646. The molecule has 0 radical (unpaired) electrons. The van der Waals surface area contributed by atoms with Gasteiger partial charge in [0, 0.05) is 25.4 Å². The van der Waals surface area contributed by atoms with Crippen LogP contribution in [0.4, 0.5) is 0 Å². The summed E-state index contributed by atoms with van der Waals surface area (Å²) in [6.07, 6.45) is 4.04. The lowest BCUT2D eigenvalue weighted by Crippen LogP contribution is -2.34. The zero-order chi connectivity index (χ0) is 25.5. The number of hydrogen-bond acceptors (Lipinski definition) is 5. The van der Waals surface area contributed by atoms with Crippen LogP contribution in [0.3, 0.4) is 0 Å². The van der Waals surface area contributed by atoms with Crippen LogP contribution in [0.2, 0.25) is 0 Å². The number of rotatable bonds is 7. The molecule has 7 nitrogen and oxygen atoms in total. The molecular weight excluding hydrogens is 450 g/mol. The van der Waals surface area contributed by atoms with E-state index in [1.165, 1.54) is 11.4 Å². The Morgan fingerprint density at radius 3 is 2.24 bits per heavy atom. The summed E-state index contributed by atoms with van der Waals surface area (Å²) in [5, 5.41) is 4.42. The number of methoxy groups -OCH3 is 1. The van der Waals surface area contributed by atoms with Crippen molar-refractivity contribution < 1.29 is 17.9 Å². The smallest absolute Gasteiger partial charge is 0.243 e. The van der Waals surface area contributed by atoms with Crippen molar-refractivity contribution in [3.63, 3.8) is 0 Å². The minimum atomic E-state index is -3.76. The van der Waals surface area contributed by atoms with Gasteiger partial charge in [-0.3, -0.25) is 9.48 Å². The van der Waals surface area contributed by atoms with Crippen LogP contribution in [0.25, 0.3) is 0 Å². The SMILES string of the molecule is COCC(=O)Cn1ncc2c1CCC[C@H]2N(C)S(=O)(=O)c1cc(C(C)(C)C)cc(C(C)(C)C)c1. The fraction of sp³-hybridized carbons (Fsp3) is 0.615. The molecule has 0 bridgehead atoms. The van der Waals surface area contributed by atoms with Crippen molar-refractivity contribution in [3.05, 3.63) is 46.8 Å². The average Bonchev–Trinajstić information content (AvgIpc) is 3.14.